The molecule has 224 valence electrons. The van der Waals surface area contributed by atoms with Crippen molar-refractivity contribution in [2.45, 2.75) is 44.8 Å². The van der Waals surface area contributed by atoms with E-state index in [1.54, 1.807) is 42.2 Å². The summed E-state index contributed by atoms with van der Waals surface area (Å²) in [4.78, 5) is 26.8. The Morgan fingerprint density at radius 2 is 1.83 bits per heavy atom. The topological polar surface area (TPSA) is 102 Å². The number of halogens is 2. The van der Waals surface area contributed by atoms with Gasteiger partial charge in [-0.15, -0.1) is 0 Å². The van der Waals surface area contributed by atoms with Crippen molar-refractivity contribution in [2.24, 2.45) is 5.92 Å². The maximum Gasteiger partial charge on any atom is 0.253 e. The molecular weight excluding hydrogens is 540 g/mol. The summed E-state index contributed by atoms with van der Waals surface area (Å²) >= 11 is 0. The highest BCUT2D eigenvalue weighted by molar-refractivity contribution is 5.94. The smallest absolute Gasteiger partial charge is 0.253 e. The van der Waals surface area contributed by atoms with Gasteiger partial charge in [0.15, 0.2) is 0 Å². The highest BCUT2D eigenvalue weighted by atomic mass is 19.1. The molecule has 3 aromatic rings. The van der Waals surface area contributed by atoms with Crippen molar-refractivity contribution >= 4 is 11.8 Å². The number of benzene rings is 3. The van der Waals surface area contributed by atoms with Gasteiger partial charge in [-0.2, -0.15) is 0 Å². The normalized spacial score (nSPS) is 16.6. The summed E-state index contributed by atoms with van der Waals surface area (Å²) in [6.45, 7) is 2.74. The van der Waals surface area contributed by atoms with Gasteiger partial charge in [-0.25, -0.2) is 8.78 Å². The van der Waals surface area contributed by atoms with E-state index in [4.69, 9.17) is 5.11 Å². The van der Waals surface area contributed by atoms with Crippen molar-refractivity contribution < 1.29 is 28.6 Å². The van der Waals surface area contributed by atoms with Gasteiger partial charge in [-0.05, 0) is 81.1 Å². The lowest BCUT2D eigenvalue weighted by atomic mass is 9.72. The van der Waals surface area contributed by atoms with Crippen LogP contribution in [-0.2, 0) is 16.9 Å². The van der Waals surface area contributed by atoms with Crippen LogP contribution in [0.3, 0.4) is 0 Å². The van der Waals surface area contributed by atoms with Crippen LogP contribution in [0.5, 0.6) is 0 Å². The van der Waals surface area contributed by atoms with Gasteiger partial charge in [0.25, 0.3) is 5.91 Å². The lowest BCUT2D eigenvalue weighted by Gasteiger charge is -2.43. The minimum atomic E-state index is -1.65. The Bertz CT molecular complexity index is 1400. The largest absolute Gasteiger partial charge is 0.387 e. The zero-order chi connectivity index (χ0) is 30.3. The summed E-state index contributed by atoms with van der Waals surface area (Å²) in [6.07, 6.45) is 1.62. The molecule has 42 heavy (non-hydrogen) atoms. The molecule has 9 heteroatoms. The number of nitrogens with zero attached hydrogens (tertiary/aromatic N) is 1. The lowest BCUT2D eigenvalue weighted by molar-refractivity contribution is -0.123. The van der Waals surface area contributed by atoms with E-state index in [1.165, 1.54) is 18.2 Å². The first kappa shape index (κ1) is 31.3. The standard InChI is InChI=1S/C33H39F2N3O4/c1-22-9-14-28(34)26(18-22)31-27(7-3-8-29(31)35)33(42,15-5-16-37-30(40)21-39)25-6-4-17-38(20-25)32(41)24-12-10-23(11-13-24)19-36-2/h3,7-14,18,25,36,39,42H,4-6,15-17,19-21H2,1-2H3,(H,37,40)/t25-,33?/m1/s1. The van der Waals surface area contributed by atoms with E-state index in [0.717, 1.165) is 11.1 Å². The Hall–Kier alpha value is -3.66. The number of likely N-dealkylation sites (tertiary alicyclic amines) is 1. The Morgan fingerprint density at radius 1 is 1.07 bits per heavy atom. The summed E-state index contributed by atoms with van der Waals surface area (Å²) in [5.74, 6) is -2.44. The molecule has 7 nitrogen and oxygen atoms in total. The molecule has 2 atom stereocenters. The zero-order valence-corrected chi connectivity index (χ0v) is 24.1. The van der Waals surface area contributed by atoms with Crippen LogP contribution in [0.1, 0.15) is 52.7 Å². The van der Waals surface area contributed by atoms with Crippen LogP contribution < -0.4 is 10.6 Å². The Labute approximate surface area is 245 Å². The molecule has 0 aliphatic carbocycles. The fourth-order valence-corrected chi connectivity index (χ4v) is 5.89. The summed E-state index contributed by atoms with van der Waals surface area (Å²) in [6, 6.07) is 16.2. The molecule has 4 rings (SSSR count). The van der Waals surface area contributed by atoms with Crippen LogP contribution in [0.4, 0.5) is 8.78 Å². The Kier molecular flexibility index (Phi) is 10.4. The number of hydrogen-bond donors (Lipinski definition) is 4. The van der Waals surface area contributed by atoms with Gasteiger partial charge in [-0.1, -0.05) is 35.9 Å². The molecule has 2 amide bonds. The van der Waals surface area contributed by atoms with Gasteiger partial charge in [0.05, 0.1) is 5.60 Å². The van der Waals surface area contributed by atoms with Crippen molar-refractivity contribution in [3.8, 4) is 11.1 Å². The van der Waals surface area contributed by atoms with E-state index in [-0.39, 0.29) is 42.1 Å². The van der Waals surface area contributed by atoms with Crippen LogP contribution in [0.15, 0.2) is 60.7 Å². The second-order valence-corrected chi connectivity index (χ2v) is 11.0. The van der Waals surface area contributed by atoms with Crippen LogP contribution in [0, 0.1) is 24.5 Å². The molecular formula is C33H39F2N3O4. The van der Waals surface area contributed by atoms with Crippen molar-refractivity contribution in [2.75, 3.05) is 33.3 Å². The molecule has 1 saturated heterocycles. The monoisotopic (exact) mass is 579 g/mol. The highest BCUT2D eigenvalue weighted by Crippen LogP contribution is 2.45. The second kappa shape index (κ2) is 14.0. The molecule has 3 aromatic carbocycles. The maximum atomic E-state index is 15.6. The number of carbonyl (C=O) groups excluding carboxylic acids is 2. The first-order valence-electron chi connectivity index (χ1n) is 14.4. The van der Waals surface area contributed by atoms with Crippen molar-refractivity contribution in [1.29, 1.82) is 0 Å². The summed E-state index contributed by atoms with van der Waals surface area (Å²) in [5, 5.41) is 27.3. The molecule has 1 unspecified atom stereocenters. The number of nitrogens with one attached hydrogen (secondary N) is 2. The molecule has 0 aromatic heterocycles. The Balaban J connectivity index is 1.70. The van der Waals surface area contributed by atoms with E-state index in [9.17, 15) is 14.7 Å². The number of piperidine rings is 1. The summed E-state index contributed by atoms with van der Waals surface area (Å²) in [5.41, 5.74) is 0.980. The number of carbonyl (C=O) groups is 2. The van der Waals surface area contributed by atoms with Crippen LogP contribution >= 0.6 is 0 Å². The number of rotatable bonds is 11. The van der Waals surface area contributed by atoms with Gasteiger partial charge >= 0.3 is 0 Å². The molecule has 1 aliphatic heterocycles. The van der Waals surface area contributed by atoms with Gasteiger partial charge in [-0.3, -0.25) is 9.59 Å². The predicted molar refractivity (Wildman–Crippen MR) is 158 cm³/mol. The number of aliphatic hydroxyl groups excluding tert-OH is 1. The molecule has 4 N–H and O–H groups in total. The van der Waals surface area contributed by atoms with Gasteiger partial charge in [0.1, 0.15) is 18.2 Å². The average molecular weight is 580 g/mol. The minimum absolute atomic E-state index is 0.0100. The van der Waals surface area contributed by atoms with E-state index in [1.807, 2.05) is 19.2 Å². The average Bonchev–Trinajstić information content (AvgIpc) is 3.00. The fourth-order valence-electron chi connectivity index (χ4n) is 5.89. The molecule has 0 spiro atoms. The molecule has 0 bridgehead atoms. The first-order chi connectivity index (χ1) is 20.2. The lowest BCUT2D eigenvalue weighted by Crippen LogP contribution is -2.48. The number of aryl methyl sites for hydroxylation is 1. The van der Waals surface area contributed by atoms with Crippen molar-refractivity contribution in [3.63, 3.8) is 0 Å². The van der Waals surface area contributed by atoms with Crippen molar-refractivity contribution in [3.05, 3.63) is 94.6 Å². The van der Waals surface area contributed by atoms with E-state index in [0.29, 0.717) is 37.9 Å². The van der Waals surface area contributed by atoms with Crippen LogP contribution in [-0.4, -0.2) is 60.2 Å². The van der Waals surface area contributed by atoms with Crippen LogP contribution in [0.2, 0.25) is 0 Å². The maximum absolute atomic E-state index is 15.6. The second-order valence-electron chi connectivity index (χ2n) is 11.0. The molecule has 0 radical (unpaired) electrons. The summed E-state index contributed by atoms with van der Waals surface area (Å²) in [7, 11) is 1.85. The highest BCUT2D eigenvalue weighted by Gasteiger charge is 2.43. The van der Waals surface area contributed by atoms with Gasteiger partial charge in [0.2, 0.25) is 5.91 Å². The number of aliphatic hydroxyl groups is 2. The van der Waals surface area contributed by atoms with Crippen molar-refractivity contribution in [1.82, 2.24) is 15.5 Å². The third-order valence-corrected chi connectivity index (χ3v) is 8.04. The number of hydrogen-bond acceptors (Lipinski definition) is 5. The third-order valence-electron chi connectivity index (χ3n) is 8.04. The molecule has 1 fully saturated rings. The summed E-state index contributed by atoms with van der Waals surface area (Å²) < 4.78 is 30.7. The fraction of sp³-hybridized carbons (Fsp3) is 0.394. The van der Waals surface area contributed by atoms with E-state index in [2.05, 4.69) is 10.6 Å². The zero-order valence-electron chi connectivity index (χ0n) is 24.1. The molecule has 1 aliphatic rings. The van der Waals surface area contributed by atoms with E-state index >= 15 is 8.78 Å². The predicted octanol–water partition coefficient (Wildman–Crippen LogP) is 4.29. The quantitative estimate of drug-likeness (QED) is 0.254. The third kappa shape index (κ3) is 7.03. The first-order valence-corrected chi connectivity index (χ1v) is 14.4. The van der Waals surface area contributed by atoms with Gasteiger partial charge in [0, 0.05) is 48.8 Å². The minimum Gasteiger partial charge on any atom is -0.387 e. The SMILES string of the molecule is CNCc1ccc(C(=O)N2CCC[C@@H](C(O)(CCCNC(=O)CO)c3cccc(F)c3-c3cc(C)ccc3F)C2)cc1. The van der Waals surface area contributed by atoms with Crippen LogP contribution in [0.25, 0.3) is 11.1 Å². The van der Waals surface area contributed by atoms with E-state index < -0.39 is 35.7 Å². The number of amides is 2. The molecule has 0 saturated carbocycles. The Morgan fingerprint density at radius 3 is 2.55 bits per heavy atom. The molecule has 1 heterocycles. The van der Waals surface area contributed by atoms with Gasteiger partial charge < -0.3 is 25.7 Å².